The van der Waals surface area contributed by atoms with Crippen LogP contribution in [-0.4, -0.2) is 16.1 Å². The summed E-state index contributed by atoms with van der Waals surface area (Å²) >= 11 is 3.23. The minimum atomic E-state index is -1.11. The maximum Gasteiger partial charge on any atom is 0.339 e. The quantitative estimate of drug-likeness (QED) is 0.886. The lowest BCUT2D eigenvalue weighted by Crippen LogP contribution is -2.09. The van der Waals surface area contributed by atoms with Crippen molar-refractivity contribution >= 4 is 33.4 Å². The Morgan fingerprint density at radius 3 is 2.70 bits per heavy atom. The number of hydrogen-bond acceptors (Lipinski definition) is 3. The third kappa shape index (κ3) is 2.80. The number of anilines is 2. The van der Waals surface area contributed by atoms with Crippen molar-refractivity contribution in [1.29, 1.82) is 0 Å². The highest BCUT2D eigenvalue weighted by molar-refractivity contribution is 9.10. The van der Waals surface area contributed by atoms with E-state index in [1.54, 1.807) is 32.0 Å². The average molecular weight is 339 g/mol. The van der Waals surface area contributed by atoms with Gasteiger partial charge in [-0.3, -0.25) is 0 Å². The summed E-state index contributed by atoms with van der Waals surface area (Å²) in [5, 5.41) is 12.0. The van der Waals surface area contributed by atoms with E-state index in [0.29, 0.717) is 15.7 Å². The van der Waals surface area contributed by atoms with Crippen LogP contribution >= 0.6 is 15.9 Å². The molecule has 20 heavy (non-hydrogen) atoms. The maximum absolute atomic E-state index is 13.8. The number of aromatic nitrogens is 1. The van der Waals surface area contributed by atoms with E-state index in [1.807, 2.05) is 0 Å². The zero-order chi connectivity index (χ0) is 14.9. The topological polar surface area (TPSA) is 62.2 Å². The van der Waals surface area contributed by atoms with E-state index in [-0.39, 0.29) is 17.1 Å². The number of pyridine rings is 1. The highest BCUT2D eigenvalue weighted by Gasteiger charge is 2.17. The Balaban J connectivity index is 2.56. The number of nitrogens with zero attached hydrogens (tertiary/aromatic N) is 1. The van der Waals surface area contributed by atoms with Crippen LogP contribution in [0.5, 0.6) is 0 Å². The second-order valence-corrected chi connectivity index (χ2v) is 5.19. The lowest BCUT2D eigenvalue weighted by atomic mass is 10.1. The van der Waals surface area contributed by atoms with Crippen molar-refractivity contribution in [1.82, 2.24) is 4.98 Å². The van der Waals surface area contributed by atoms with Crippen molar-refractivity contribution in [2.75, 3.05) is 5.32 Å². The molecule has 2 N–H and O–H groups in total. The minimum Gasteiger partial charge on any atom is -0.478 e. The normalized spacial score (nSPS) is 10.4. The van der Waals surface area contributed by atoms with E-state index in [1.165, 1.54) is 6.07 Å². The number of aromatic carboxylic acids is 1. The summed E-state index contributed by atoms with van der Waals surface area (Å²) in [6.07, 6.45) is 0. The Morgan fingerprint density at radius 2 is 2.10 bits per heavy atom. The fourth-order valence-electron chi connectivity index (χ4n) is 1.93. The third-order valence-corrected chi connectivity index (χ3v) is 3.43. The van der Waals surface area contributed by atoms with Crippen molar-refractivity contribution < 1.29 is 14.3 Å². The molecular weight excluding hydrogens is 327 g/mol. The third-order valence-electron chi connectivity index (χ3n) is 2.76. The van der Waals surface area contributed by atoms with E-state index in [4.69, 9.17) is 0 Å². The Labute approximate surface area is 123 Å². The number of rotatable bonds is 3. The van der Waals surface area contributed by atoms with Gasteiger partial charge in [-0.15, -0.1) is 0 Å². The molecular formula is C14H12BrFN2O2. The van der Waals surface area contributed by atoms with Gasteiger partial charge in [-0.05, 0) is 53.5 Å². The molecule has 1 aromatic carbocycles. The Bertz CT molecular complexity index is 669. The number of hydrogen-bond donors (Lipinski definition) is 2. The molecule has 0 unspecified atom stereocenters. The molecule has 2 aromatic rings. The smallest absolute Gasteiger partial charge is 0.339 e. The number of halogens is 2. The van der Waals surface area contributed by atoms with Crippen LogP contribution in [0.4, 0.5) is 15.9 Å². The SMILES string of the molecule is Cc1cc(C)c(C(=O)O)c(Nc2c(F)cccc2Br)n1. The zero-order valence-corrected chi connectivity index (χ0v) is 12.5. The Kier molecular flexibility index (Phi) is 4.04. The second-order valence-electron chi connectivity index (χ2n) is 4.33. The predicted octanol–water partition coefficient (Wildman–Crippen LogP) is 4.04. The van der Waals surface area contributed by atoms with Crippen LogP contribution in [0.2, 0.25) is 0 Å². The van der Waals surface area contributed by atoms with Crippen molar-refractivity contribution in [3.63, 3.8) is 0 Å². The fraction of sp³-hybridized carbons (Fsp3) is 0.143. The van der Waals surface area contributed by atoms with Crippen LogP contribution in [0.3, 0.4) is 0 Å². The molecule has 0 fully saturated rings. The maximum atomic E-state index is 13.8. The summed E-state index contributed by atoms with van der Waals surface area (Å²) in [5.41, 5.74) is 1.42. The van der Waals surface area contributed by atoms with Crippen molar-refractivity contribution in [3.05, 3.63) is 51.4 Å². The van der Waals surface area contributed by atoms with Crippen LogP contribution < -0.4 is 5.32 Å². The molecule has 0 aliphatic rings. The molecule has 0 aliphatic heterocycles. The molecule has 0 amide bonds. The van der Waals surface area contributed by atoms with Crippen molar-refractivity contribution in [3.8, 4) is 0 Å². The summed E-state index contributed by atoms with van der Waals surface area (Å²) in [7, 11) is 0. The molecule has 4 nitrogen and oxygen atoms in total. The summed E-state index contributed by atoms with van der Waals surface area (Å²) in [6, 6.07) is 6.17. The second kappa shape index (κ2) is 5.58. The number of nitrogens with one attached hydrogen (secondary N) is 1. The molecule has 2 rings (SSSR count). The summed E-state index contributed by atoms with van der Waals surface area (Å²) in [6.45, 7) is 3.43. The summed E-state index contributed by atoms with van der Waals surface area (Å²) < 4.78 is 14.3. The number of benzene rings is 1. The van der Waals surface area contributed by atoms with E-state index in [0.717, 1.165) is 0 Å². The first kappa shape index (κ1) is 14.5. The van der Waals surface area contributed by atoms with Crippen LogP contribution in [0.15, 0.2) is 28.7 Å². The van der Waals surface area contributed by atoms with E-state index in [9.17, 15) is 14.3 Å². The monoisotopic (exact) mass is 338 g/mol. The van der Waals surface area contributed by atoms with E-state index in [2.05, 4.69) is 26.2 Å². The van der Waals surface area contributed by atoms with Gasteiger partial charge < -0.3 is 10.4 Å². The number of carbonyl (C=O) groups is 1. The molecule has 0 atom stereocenters. The highest BCUT2D eigenvalue weighted by Crippen LogP contribution is 2.30. The molecule has 6 heteroatoms. The van der Waals surface area contributed by atoms with Gasteiger partial charge in [-0.2, -0.15) is 0 Å². The van der Waals surface area contributed by atoms with Gasteiger partial charge >= 0.3 is 5.97 Å². The molecule has 1 aromatic heterocycles. The molecule has 0 spiro atoms. The van der Waals surface area contributed by atoms with Gasteiger partial charge in [0.05, 0.1) is 5.69 Å². The number of carboxylic acids is 1. The van der Waals surface area contributed by atoms with Crippen LogP contribution in [0.25, 0.3) is 0 Å². The van der Waals surface area contributed by atoms with Gasteiger partial charge in [0.25, 0.3) is 0 Å². The lowest BCUT2D eigenvalue weighted by Gasteiger charge is -2.13. The standard InChI is InChI=1S/C14H12BrFN2O2/c1-7-6-8(2)17-13(11(7)14(19)20)18-12-9(15)4-3-5-10(12)16/h3-6H,1-2H3,(H,17,18)(H,19,20). The molecule has 0 radical (unpaired) electrons. The zero-order valence-electron chi connectivity index (χ0n) is 10.9. The van der Waals surface area contributed by atoms with Gasteiger partial charge in [-0.1, -0.05) is 6.07 Å². The number of aryl methyl sites for hydroxylation is 2. The molecule has 104 valence electrons. The van der Waals surface area contributed by atoms with E-state index >= 15 is 0 Å². The fourth-order valence-corrected chi connectivity index (χ4v) is 2.37. The van der Waals surface area contributed by atoms with Crippen LogP contribution in [0.1, 0.15) is 21.6 Å². The summed E-state index contributed by atoms with van der Waals surface area (Å²) in [5.74, 6) is -1.47. The van der Waals surface area contributed by atoms with E-state index < -0.39 is 11.8 Å². The van der Waals surface area contributed by atoms with Gasteiger partial charge in [0.15, 0.2) is 0 Å². The summed E-state index contributed by atoms with van der Waals surface area (Å²) in [4.78, 5) is 15.5. The first-order valence-corrected chi connectivity index (χ1v) is 6.62. The van der Waals surface area contributed by atoms with Gasteiger partial charge in [0, 0.05) is 10.2 Å². The van der Waals surface area contributed by atoms with Gasteiger partial charge in [0.1, 0.15) is 17.2 Å². The molecule has 0 bridgehead atoms. The van der Waals surface area contributed by atoms with Gasteiger partial charge in [-0.25, -0.2) is 14.2 Å². The number of carboxylic acid groups (broad SMARTS) is 1. The van der Waals surface area contributed by atoms with Crippen LogP contribution in [0, 0.1) is 19.7 Å². The lowest BCUT2D eigenvalue weighted by molar-refractivity contribution is 0.0697. The molecule has 0 saturated heterocycles. The highest BCUT2D eigenvalue weighted by atomic mass is 79.9. The van der Waals surface area contributed by atoms with Crippen molar-refractivity contribution in [2.24, 2.45) is 0 Å². The first-order chi connectivity index (χ1) is 9.40. The van der Waals surface area contributed by atoms with Crippen molar-refractivity contribution in [2.45, 2.75) is 13.8 Å². The first-order valence-electron chi connectivity index (χ1n) is 5.82. The minimum absolute atomic E-state index is 0.0331. The molecule has 0 saturated carbocycles. The Hall–Kier alpha value is -1.95. The molecule has 0 aliphatic carbocycles. The average Bonchev–Trinajstić information content (AvgIpc) is 2.32. The predicted molar refractivity (Wildman–Crippen MR) is 78.1 cm³/mol. The largest absolute Gasteiger partial charge is 0.478 e. The van der Waals surface area contributed by atoms with Crippen LogP contribution in [-0.2, 0) is 0 Å². The van der Waals surface area contributed by atoms with Gasteiger partial charge in [0.2, 0.25) is 0 Å². The molecule has 1 heterocycles. The number of para-hydroxylation sites is 1. The Morgan fingerprint density at radius 1 is 1.40 bits per heavy atom.